The molecule has 3 rings (SSSR count). The van der Waals surface area contributed by atoms with Crippen LogP contribution in [0, 0.1) is 4.64 Å². The number of tetrazole rings is 1. The molecular formula is C13H13BrN6S. The summed E-state index contributed by atoms with van der Waals surface area (Å²) in [6.45, 7) is 4.00. The van der Waals surface area contributed by atoms with Crippen molar-refractivity contribution in [2.24, 2.45) is 0 Å². The second kappa shape index (κ2) is 5.53. The molecule has 0 spiro atoms. The van der Waals surface area contributed by atoms with E-state index < -0.39 is 0 Å². The Morgan fingerprint density at radius 2 is 1.95 bits per heavy atom. The van der Waals surface area contributed by atoms with E-state index in [1.807, 2.05) is 42.8 Å². The van der Waals surface area contributed by atoms with Gasteiger partial charge in [0, 0.05) is 10.7 Å². The van der Waals surface area contributed by atoms with Crippen molar-refractivity contribution in [1.29, 1.82) is 0 Å². The van der Waals surface area contributed by atoms with Gasteiger partial charge in [0.25, 0.3) is 0 Å². The monoisotopic (exact) mass is 364 g/mol. The minimum Gasteiger partial charge on any atom is -0.299 e. The molecule has 0 saturated heterocycles. The van der Waals surface area contributed by atoms with E-state index in [2.05, 4.69) is 36.4 Å². The van der Waals surface area contributed by atoms with Gasteiger partial charge >= 0.3 is 0 Å². The van der Waals surface area contributed by atoms with E-state index in [0.29, 0.717) is 10.5 Å². The molecule has 0 amide bonds. The zero-order valence-corrected chi connectivity index (χ0v) is 13.9. The second-order valence-electron chi connectivity index (χ2n) is 4.83. The molecule has 2 aromatic heterocycles. The molecule has 0 aliphatic heterocycles. The molecule has 0 aliphatic rings. The van der Waals surface area contributed by atoms with Gasteiger partial charge in [0.15, 0.2) is 0 Å². The lowest BCUT2D eigenvalue weighted by molar-refractivity contribution is 0.455. The number of nitrogens with zero attached hydrogens (tertiary/aromatic N) is 5. The van der Waals surface area contributed by atoms with E-state index in [1.165, 1.54) is 0 Å². The molecular weight excluding hydrogens is 352 g/mol. The molecule has 0 saturated carbocycles. The fourth-order valence-electron chi connectivity index (χ4n) is 1.86. The van der Waals surface area contributed by atoms with Gasteiger partial charge in [0.05, 0.1) is 17.3 Å². The molecule has 1 aromatic carbocycles. The molecule has 8 heteroatoms. The Labute approximate surface area is 134 Å². The summed E-state index contributed by atoms with van der Waals surface area (Å²) in [6, 6.07) is 8.03. The van der Waals surface area contributed by atoms with Crippen LogP contribution in [0.25, 0.3) is 17.1 Å². The van der Waals surface area contributed by atoms with Crippen LogP contribution in [0.4, 0.5) is 0 Å². The first-order chi connectivity index (χ1) is 10.1. The minimum atomic E-state index is 0.164. The lowest BCUT2D eigenvalue weighted by Crippen LogP contribution is -2.04. The van der Waals surface area contributed by atoms with Gasteiger partial charge in [-0.3, -0.25) is 5.10 Å². The normalized spacial score (nSPS) is 11.2. The number of hydrogen-bond donors (Lipinski definition) is 1. The molecule has 0 bridgehead atoms. The van der Waals surface area contributed by atoms with Crippen LogP contribution in [0.5, 0.6) is 0 Å². The molecule has 0 unspecified atom stereocenters. The van der Waals surface area contributed by atoms with Crippen molar-refractivity contribution in [3.8, 4) is 17.1 Å². The van der Waals surface area contributed by atoms with Crippen molar-refractivity contribution in [3.63, 3.8) is 0 Å². The van der Waals surface area contributed by atoms with Crippen LogP contribution >= 0.6 is 28.1 Å². The summed E-state index contributed by atoms with van der Waals surface area (Å²) in [5.74, 6) is 0.529. The average Bonchev–Trinajstić information content (AvgIpc) is 3.06. The highest BCUT2D eigenvalue weighted by Gasteiger charge is 2.13. The standard InChI is InChI=1S/C13H13BrN6S/c1-8(2)20-17-12(16-18-20)11-7-15-19(13(11)21)10-5-3-9(14)4-6-10/h3-8,15H,1-2H3. The molecule has 108 valence electrons. The van der Waals surface area contributed by atoms with Crippen molar-refractivity contribution < 1.29 is 0 Å². The van der Waals surface area contributed by atoms with E-state index in [-0.39, 0.29) is 6.04 Å². The predicted octanol–water partition coefficient (Wildman–Crippen LogP) is 3.53. The van der Waals surface area contributed by atoms with Crippen LogP contribution in [0.15, 0.2) is 34.9 Å². The molecule has 6 nitrogen and oxygen atoms in total. The highest BCUT2D eigenvalue weighted by Crippen LogP contribution is 2.20. The van der Waals surface area contributed by atoms with Gasteiger partial charge in [-0.1, -0.05) is 28.1 Å². The van der Waals surface area contributed by atoms with Gasteiger partial charge in [-0.05, 0) is 43.3 Å². The molecule has 0 atom stereocenters. The van der Waals surface area contributed by atoms with Crippen LogP contribution in [-0.2, 0) is 0 Å². The number of benzene rings is 1. The Morgan fingerprint density at radius 1 is 1.24 bits per heavy atom. The lowest BCUT2D eigenvalue weighted by atomic mass is 10.3. The van der Waals surface area contributed by atoms with Crippen molar-refractivity contribution in [1.82, 2.24) is 30.0 Å². The van der Waals surface area contributed by atoms with Gasteiger partial charge in [-0.2, -0.15) is 4.80 Å². The minimum absolute atomic E-state index is 0.164. The first kappa shape index (κ1) is 14.2. The summed E-state index contributed by atoms with van der Waals surface area (Å²) in [6.07, 6.45) is 1.80. The van der Waals surface area contributed by atoms with Crippen LogP contribution < -0.4 is 0 Å². The largest absolute Gasteiger partial charge is 0.299 e. The number of hydrogen-bond acceptors (Lipinski definition) is 4. The highest BCUT2D eigenvalue weighted by atomic mass is 79.9. The molecule has 3 aromatic rings. The van der Waals surface area contributed by atoms with Gasteiger partial charge in [0.2, 0.25) is 5.82 Å². The molecule has 1 N–H and O–H groups in total. The predicted molar refractivity (Wildman–Crippen MR) is 85.8 cm³/mol. The Bertz CT molecular complexity index is 814. The van der Waals surface area contributed by atoms with E-state index >= 15 is 0 Å². The van der Waals surface area contributed by atoms with E-state index in [9.17, 15) is 0 Å². The smallest absolute Gasteiger partial charge is 0.209 e. The van der Waals surface area contributed by atoms with E-state index in [4.69, 9.17) is 12.2 Å². The number of nitrogens with one attached hydrogen (secondary N) is 1. The lowest BCUT2D eigenvalue weighted by Gasteiger charge is -2.02. The summed E-state index contributed by atoms with van der Waals surface area (Å²) in [7, 11) is 0. The van der Waals surface area contributed by atoms with E-state index in [1.54, 1.807) is 11.0 Å². The molecule has 21 heavy (non-hydrogen) atoms. The zero-order valence-electron chi connectivity index (χ0n) is 11.5. The summed E-state index contributed by atoms with van der Waals surface area (Å²) in [5, 5.41) is 15.6. The number of aromatic nitrogens is 6. The number of rotatable bonds is 3. The summed E-state index contributed by atoms with van der Waals surface area (Å²) in [4.78, 5) is 1.57. The topological polar surface area (TPSA) is 64.3 Å². The van der Waals surface area contributed by atoms with Gasteiger partial charge in [-0.15, -0.1) is 10.2 Å². The first-order valence-corrected chi connectivity index (χ1v) is 7.62. The van der Waals surface area contributed by atoms with Crippen molar-refractivity contribution >= 4 is 28.1 Å². The van der Waals surface area contributed by atoms with Crippen LogP contribution in [-0.4, -0.2) is 30.0 Å². The van der Waals surface area contributed by atoms with Crippen molar-refractivity contribution in [2.75, 3.05) is 0 Å². The van der Waals surface area contributed by atoms with Gasteiger partial charge in [0.1, 0.15) is 4.64 Å². The Kier molecular flexibility index (Phi) is 3.73. The Morgan fingerprint density at radius 3 is 2.57 bits per heavy atom. The summed E-state index contributed by atoms with van der Waals surface area (Å²) in [5.41, 5.74) is 1.71. The highest BCUT2D eigenvalue weighted by molar-refractivity contribution is 9.10. The summed E-state index contributed by atoms with van der Waals surface area (Å²) < 4.78 is 3.46. The first-order valence-electron chi connectivity index (χ1n) is 6.42. The van der Waals surface area contributed by atoms with Crippen molar-refractivity contribution in [3.05, 3.63) is 39.6 Å². The molecule has 2 heterocycles. The third kappa shape index (κ3) is 2.68. The van der Waals surface area contributed by atoms with Crippen LogP contribution in [0.1, 0.15) is 19.9 Å². The van der Waals surface area contributed by atoms with Crippen LogP contribution in [0.2, 0.25) is 0 Å². The fourth-order valence-corrected chi connectivity index (χ4v) is 2.44. The molecule has 0 fully saturated rings. The average molecular weight is 365 g/mol. The van der Waals surface area contributed by atoms with Gasteiger partial charge in [-0.25, -0.2) is 4.68 Å². The van der Waals surface area contributed by atoms with Crippen LogP contribution in [0.3, 0.4) is 0 Å². The Balaban J connectivity index is 2.02. The Hall–Kier alpha value is -1.80. The quantitative estimate of drug-likeness (QED) is 0.722. The zero-order chi connectivity index (χ0) is 15.0. The summed E-state index contributed by atoms with van der Waals surface area (Å²) >= 11 is 8.92. The fraction of sp³-hybridized carbons (Fsp3) is 0.231. The molecule has 0 radical (unpaired) electrons. The maximum absolute atomic E-state index is 5.50. The maximum Gasteiger partial charge on any atom is 0.209 e. The van der Waals surface area contributed by atoms with E-state index in [0.717, 1.165) is 15.7 Å². The van der Waals surface area contributed by atoms with Gasteiger partial charge < -0.3 is 0 Å². The number of H-pyrrole nitrogens is 1. The molecule has 0 aliphatic carbocycles. The second-order valence-corrected chi connectivity index (χ2v) is 6.13. The number of halogens is 1. The third-order valence-corrected chi connectivity index (χ3v) is 3.92. The SMILES string of the molecule is CC(C)n1nnc(-c2c[nH]n(-c3ccc(Br)cc3)c2=S)n1. The van der Waals surface area contributed by atoms with Crippen molar-refractivity contribution in [2.45, 2.75) is 19.9 Å². The number of aromatic amines is 1. The maximum atomic E-state index is 5.50. The third-order valence-electron chi connectivity index (χ3n) is 2.99.